The van der Waals surface area contributed by atoms with Gasteiger partial charge in [-0.3, -0.25) is 9.59 Å². The van der Waals surface area contributed by atoms with E-state index < -0.39 is 11.4 Å². The maximum absolute atomic E-state index is 13.8. The fourth-order valence-corrected chi connectivity index (χ4v) is 3.77. The molecule has 31 heavy (non-hydrogen) atoms. The average Bonchev–Trinajstić information content (AvgIpc) is 2.69. The maximum atomic E-state index is 13.8. The van der Waals surface area contributed by atoms with Crippen LogP contribution in [0.4, 0.5) is 15.9 Å². The Morgan fingerprint density at radius 1 is 1.26 bits per heavy atom. The number of anilines is 2. The fourth-order valence-electron chi connectivity index (χ4n) is 3.65. The van der Waals surface area contributed by atoms with Gasteiger partial charge in [-0.05, 0) is 38.0 Å². The number of aromatic nitrogens is 2. The molecule has 1 fully saturated rings. The van der Waals surface area contributed by atoms with Gasteiger partial charge in [0.2, 0.25) is 5.91 Å². The van der Waals surface area contributed by atoms with Gasteiger partial charge < -0.3 is 15.1 Å². The number of amides is 2. The third-order valence-electron chi connectivity index (χ3n) is 5.34. The summed E-state index contributed by atoms with van der Waals surface area (Å²) in [5, 5.41) is 3.10. The van der Waals surface area contributed by atoms with Crippen molar-refractivity contribution in [3.63, 3.8) is 0 Å². The van der Waals surface area contributed by atoms with Crippen LogP contribution in [0.2, 0.25) is 5.02 Å². The summed E-state index contributed by atoms with van der Waals surface area (Å²) in [6.45, 7) is 10.7. The van der Waals surface area contributed by atoms with Crippen LogP contribution in [0.3, 0.4) is 0 Å². The first-order chi connectivity index (χ1) is 14.5. The normalized spacial score (nSPS) is 15.9. The van der Waals surface area contributed by atoms with Gasteiger partial charge in [0.25, 0.3) is 5.91 Å². The van der Waals surface area contributed by atoms with Crippen LogP contribution in [-0.2, 0) is 4.79 Å². The van der Waals surface area contributed by atoms with Gasteiger partial charge in [-0.15, -0.1) is 0 Å². The Balaban J connectivity index is 1.87. The SMILES string of the molecule is CC(=O)N1CCN(C(=O)c2cnc(Nc3ccc(Cl)c(F)c3)c(C(C)C)n2)C(C)(C)C1. The Morgan fingerprint density at radius 3 is 2.55 bits per heavy atom. The van der Waals surface area contributed by atoms with Crippen LogP contribution in [0.5, 0.6) is 0 Å². The minimum atomic E-state index is -0.538. The topological polar surface area (TPSA) is 78.4 Å². The molecule has 0 aliphatic carbocycles. The van der Waals surface area contributed by atoms with Crippen LogP contribution in [0.15, 0.2) is 24.4 Å². The van der Waals surface area contributed by atoms with E-state index in [4.69, 9.17) is 11.6 Å². The summed E-state index contributed by atoms with van der Waals surface area (Å²) < 4.78 is 13.8. The van der Waals surface area contributed by atoms with Gasteiger partial charge in [0.15, 0.2) is 5.82 Å². The molecule has 3 rings (SSSR count). The van der Waals surface area contributed by atoms with E-state index in [2.05, 4.69) is 15.3 Å². The van der Waals surface area contributed by atoms with Gasteiger partial charge in [-0.1, -0.05) is 25.4 Å². The zero-order valence-corrected chi connectivity index (χ0v) is 19.1. The lowest BCUT2D eigenvalue weighted by atomic mass is 9.98. The molecule has 1 aliphatic heterocycles. The maximum Gasteiger partial charge on any atom is 0.274 e. The molecule has 0 atom stereocenters. The zero-order chi connectivity index (χ0) is 22.9. The van der Waals surface area contributed by atoms with Crippen molar-refractivity contribution in [2.24, 2.45) is 0 Å². The molecule has 9 heteroatoms. The van der Waals surface area contributed by atoms with E-state index in [1.54, 1.807) is 15.9 Å². The van der Waals surface area contributed by atoms with Gasteiger partial charge in [-0.2, -0.15) is 0 Å². The van der Waals surface area contributed by atoms with Gasteiger partial charge in [-0.25, -0.2) is 14.4 Å². The molecule has 0 spiro atoms. The van der Waals surface area contributed by atoms with Crippen molar-refractivity contribution >= 4 is 34.9 Å². The molecule has 7 nitrogen and oxygen atoms in total. The Bertz CT molecular complexity index is 1010. The molecule has 0 unspecified atom stereocenters. The molecule has 0 saturated carbocycles. The summed E-state index contributed by atoms with van der Waals surface area (Å²) in [7, 11) is 0. The second-order valence-corrected chi connectivity index (χ2v) is 9.01. The largest absolute Gasteiger partial charge is 0.339 e. The van der Waals surface area contributed by atoms with Gasteiger partial charge in [0, 0.05) is 32.2 Å². The number of carbonyl (C=O) groups excluding carboxylic acids is 2. The van der Waals surface area contributed by atoms with Gasteiger partial charge >= 0.3 is 0 Å². The van der Waals surface area contributed by atoms with Crippen molar-refractivity contribution < 1.29 is 14.0 Å². The molecule has 1 aromatic carbocycles. The molecule has 1 aliphatic rings. The molecule has 1 saturated heterocycles. The minimum Gasteiger partial charge on any atom is -0.339 e. The van der Waals surface area contributed by atoms with Gasteiger partial charge in [0.1, 0.15) is 11.5 Å². The predicted octanol–water partition coefficient (Wildman–Crippen LogP) is 4.22. The Labute approximate surface area is 186 Å². The van der Waals surface area contributed by atoms with Crippen molar-refractivity contribution in [3.8, 4) is 0 Å². The number of nitrogens with zero attached hydrogens (tertiary/aromatic N) is 4. The lowest BCUT2D eigenvalue weighted by molar-refractivity contribution is -0.133. The first-order valence-electron chi connectivity index (χ1n) is 10.2. The summed E-state index contributed by atoms with van der Waals surface area (Å²) in [5.41, 5.74) is 0.791. The number of piperazine rings is 1. The first-order valence-corrected chi connectivity index (χ1v) is 10.5. The predicted molar refractivity (Wildman–Crippen MR) is 118 cm³/mol. The molecule has 1 N–H and O–H groups in total. The molecule has 0 bridgehead atoms. The summed E-state index contributed by atoms with van der Waals surface area (Å²) in [5.74, 6) is -0.344. The summed E-state index contributed by atoms with van der Waals surface area (Å²) in [6, 6.07) is 4.39. The Kier molecular flexibility index (Phi) is 6.50. The third-order valence-corrected chi connectivity index (χ3v) is 5.65. The quantitative estimate of drug-likeness (QED) is 0.759. The molecule has 166 valence electrons. The van der Waals surface area contributed by atoms with Crippen molar-refractivity contribution in [3.05, 3.63) is 46.6 Å². The number of benzene rings is 1. The number of nitrogens with one attached hydrogen (secondary N) is 1. The van der Waals surface area contributed by atoms with Crippen LogP contribution in [0, 0.1) is 5.82 Å². The van der Waals surface area contributed by atoms with E-state index in [9.17, 15) is 14.0 Å². The van der Waals surface area contributed by atoms with E-state index in [-0.39, 0.29) is 28.4 Å². The molecular weight excluding hydrogens is 421 g/mol. The number of hydrogen-bond acceptors (Lipinski definition) is 5. The van der Waals surface area contributed by atoms with Crippen molar-refractivity contribution in [2.75, 3.05) is 25.0 Å². The van der Waals surface area contributed by atoms with Crippen LogP contribution in [0.25, 0.3) is 0 Å². The van der Waals surface area contributed by atoms with E-state index >= 15 is 0 Å². The van der Waals surface area contributed by atoms with Crippen LogP contribution in [-0.4, -0.2) is 56.8 Å². The zero-order valence-electron chi connectivity index (χ0n) is 18.4. The van der Waals surface area contributed by atoms with Crippen LogP contribution < -0.4 is 5.32 Å². The first kappa shape index (κ1) is 22.9. The number of carbonyl (C=O) groups is 2. The lowest BCUT2D eigenvalue weighted by Gasteiger charge is -2.46. The van der Waals surface area contributed by atoms with Gasteiger partial charge in [0.05, 0.1) is 22.5 Å². The molecular formula is C22H27ClFN5O2. The molecule has 1 aromatic heterocycles. The number of halogens is 2. The monoisotopic (exact) mass is 447 g/mol. The second-order valence-electron chi connectivity index (χ2n) is 8.61. The Hall–Kier alpha value is -2.74. The highest BCUT2D eigenvalue weighted by Crippen LogP contribution is 2.28. The summed E-state index contributed by atoms with van der Waals surface area (Å²) >= 11 is 5.75. The molecule has 2 aromatic rings. The second kappa shape index (κ2) is 8.78. The van der Waals surface area contributed by atoms with Crippen molar-refractivity contribution in [1.29, 1.82) is 0 Å². The highest BCUT2D eigenvalue weighted by molar-refractivity contribution is 6.30. The van der Waals surface area contributed by atoms with E-state index in [0.29, 0.717) is 36.8 Å². The summed E-state index contributed by atoms with van der Waals surface area (Å²) in [6.07, 6.45) is 1.43. The molecule has 2 heterocycles. The minimum absolute atomic E-state index is 0.00359. The van der Waals surface area contributed by atoms with E-state index in [1.807, 2.05) is 27.7 Å². The highest BCUT2D eigenvalue weighted by Gasteiger charge is 2.38. The molecule has 2 amide bonds. The third kappa shape index (κ3) is 4.95. The van der Waals surface area contributed by atoms with E-state index in [0.717, 1.165) is 0 Å². The fraction of sp³-hybridized carbons (Fsp3) is 0.455. The smallest absolute Gasteiger partial charge is 0.274 e. The van der Waals surface area contributed by atoms with Crippen LogP contribution >= 0.6 is 11.6 Å². The molecule has 0 radical (unpaired) electrons. The summed E-state index contributed by atoms with van der Waals surface area (Å²) in [4.78, 5) is 37.5. The lowest BCUT2D eigenvalue weighted by Crippen LogP contribution is -2.61. The standard InChI is InChI=1S/C22H27ClFN5O2/c1-13(2)19-20(26-15-6-7-16(23)17(24)10-15)25-11-18(27-19)21(31)29-9-8-28(14(3)30)12-22(29,4)5/h6-7,10-11,13H,8-9,12H2,1-5H3,(H,25,26). The number of rotatable bonds is 4. The van der Waals surface area contributed by atoms with Crippen LogP contribution in [0.1, 0.15) is 56.7 Å². The van der Waals surface area contributed by atoms with Crippen molar-refractivity contribution in [1.82, 2.24) is 19.8 Å². The van der Waals surface area contributed by atoms with E-state index in [1.165, 1.54) is 25.3 Å². The van der Waals surface area contributed by atoms with Crippen molar-refractivity contribution in [2.45, 2.75) is 46.1 Å². The average molecular weight is 448 g/mol. The number of hydrogen-bond donors (Lipinski definition) is 1. The Morgan fingerprint density at radius 2 is 1.97 bits per heavy atom. The highest BCUT2D eigenvalue weighted by atomic mass is 35.5.